The van der Waals surface area contributed by atoms with Crippen molar-refractivity contribution in [1.29, 1.82) is 0 Å². The van der Waals surface area contributed by atoms with Crippen LogP contribution in [-0.2, 0) is 4.79 Å². The molecule has 3 rings (SSSR count). The van der Waals surface area contributed by atoms with Crippen LogP contribution in [0.1, 0.15) is 6.42 Å². The fourth-order valence-corrected chi connectivity index (χ4v) is 3.12. The van der Waals surface area contributed by atoms with E-state index in [9.17, 15) is 22.8 Å². The van der Waals surface area contributed by atoms with Crippen LogP contribution in [0.3, 0.4) is 0 Å². The monoisotopic (exact) mass is 381 g/mol. The summed E-state index contributed by atoms with van der Waals surface area (Å²) in [6.07, 6.45) is 1.48. The number of rotatable bonds is 5. The van der Waals surface area contributed by atoms with Crippen molar-refractivity contribution in [3.63, 3.8) is 0 Å². The average molecular weight is 381 g/mol. The van der Waals surface area contributed by atoms with E-state index in [4.69, 9.17) is 5.73 Å². The zero-order valence-corrected chi connectivity index (χ0v) is 14.2. The lowest BCUT2D eigenvalue weighted by molar-refractivity contribution is -0.120. The maximum atomic E-state index is 14.4. The molecule has 1 aromatic heterocycles. The number of alkyl halides is 2. The third kappa shape index (κ3) is 4.34. The van der Waals surface area contributed by atoms with Gasteiger partial charge in [0.25, 0.3) is 12.0 Å². The molecule has 1 saturated heterocycles. The number of hydrogen-bond acceptors (Lipinski definition) is 5. The normalized spacial score (nSPS) is 20.2. The molecule has 1 fully saturated rings. The molecule has 27 heavy (non-hydrogen) atoms. The minimum atomic E-state index is -2.60. The minimum Gasteiger partial charge on any atom is -0.326 e. The smallest absolute Gasteiger partial charge is 0.273 e. The van der Waals surface area contributed by atoms with Crippen molar-refractivity contribution in [2.24, 2.45) is 5.73 Å². The highest BCUT2D eigenvalue weighted by Gasteiger charge is 2.36. The van der Waals surface area contributed by atoms with Gasteiger partial charge in [-0.3, -0.25) is 24.0 Å². The molecule has 3 N–H and O–H groups in total. The number of nitrogens with one attached hydrogen (secondary N) is 1. The lowest BCUT2D eigenvalue weighted by Crippen LogP contribution is -2.42. The lowest BCUT2D eigenvalue weighted by atomic mass is 10.1. The van der Waals surface area contributed by atoms with Gasteiger partial charge in [0.1, 0.15) is 5.82 Å². The van der Waals surface area contributed by atoms with E-state index in [1.807, 2.05) is 0 Å². The van der Waals surface area contributed by atoms with Gasteiger partial charge in [0, 0.05) is 31.0 Å². The standard InChI is InChI=1S/C17H18F3N5O2/c18-12-6-11(25-4-3-22-7-16(25)26)1-2-13(12)23-17(27)14-5-10(21)8-24(14)9-15(19)20/h1-4,6-7,10,14-15H,5,8-9,21H2,(H,23,27)/t10-,14-/m0/s1. The molecule has 0 spiro atoms. The summed E-state index contributed by atoms with van der Waals surface area (Å²) in [5.74, 6) is -1.36. The van der Waals surface area contributed by atoms with Gasteiger partial charge in [-0.05, 0) is 18.6 Å². The highest BCUT2D eigenvalue weighted by molar-refractivity contribution is 5.95. The van der Waals surface area contributed by atoms with Gasteiger partial charge in [0.15, 0.2) is 0 Å². The molecular weight excluding hydrogens is 363 g/mol. The van der Waals surface area contributed by atoms with Crippen LogP contribution in [0.2, 0.25) is 0 Å². The molecule has 7 nitrogen and oxygen atoms in total. The molecule has 10 heteroatoms. The Morgan fingerprint density at radius 3 is 2.85 bits per heavy atom. The molecule has 1 aliphatic rings. The number of hydrogen-bond donors (Lipinski definition) is 2. The van der Waals surface area contributed by atoms with E-state index >= 15 is 0 Å². The first-order valence-corrected chi connectivity index (χ1v) is 8.26. The molecule has 1 aromatic carbocycles. The second-order valence-corrected chi connectivity index (χ2v) is 6.29. The number of carbonyl (C=O) groups excluding carboxylic acids is 1. The Hall–Kier alpha value is -2.72. The van der Waals surface area contributed by atoms with Gasteiger partial charge in [-0.2, -0.15) is 0 Å². The van der Waals surface area contributed by atoms with Crippen LogP contribution in [0, 0.1) is 5.82 Å². The van der Waals surface area contributed by atoms with Crippen LogP contribution >= 0.6 is 0 Å². The Morgan fingerprint density at radius 2 is 2.19 bits per heavy atom. The van der Waals surface area contributed by atoms with Crippen LogP contribution in [0.5, 0.6) is 0 Å². The van der Waals surface area contributed by atoms with E-state index in [0.717, 1.165) is 12.3 Å². The Morgan fingerprint density at radius 1 is 1.41 bits per heavy atom. The highest BCUT2D eigenvalue weighted by Crippen LogP contribution is 2.22. The summed E-state index contributed by atoms with van der Waals surface area (Å²) in [6, 6.07) is 2.61. The summed E-state index contributed by atoms with van der Waals surface area (Å²) in [6.45, 7) is -0.396. The predicted octanol–water partition coefficient (Wildman–Crippen LogP) is 0.977. The first-order chi connectivity index (χ1) is 12.8. The number of likely N-dealkylation sites (tertiary alicyclic amines) is 1. The van der Waals surface area contributed by atoms with Gasteiger partial charge < -0.3 is 11.1 Å². The number of anilines is 1. The number of aromatic nitrogens is 2. The Kier molecular flexibility index (Phi) is 5.57. The summed E-state index contributed by atoms with van der Waals surface area (Å²) in [5, 5.41) is 2.41. The van der Waals surface area contributed by atoms with Gasteiger partial charge in [0.2, 0.25) is 5.91 Å². The first-order valence-electron chi connectivity index (χ1n) is 8.26. The number of halogens is 3. The van der Waals surface area contributed by atoms with Gasteiger partial charge in [0.05, 0.1) is 30.2 Å². The molecule has 0 bridgehead atoms. The zero-order chi connectivity index (χ0) is 19.6. The van der Waals surface area contributed by atoms with Crippen molar-refractivity contribution < 1.29 is 18.0 Å². The molecule has 0 radical (unpaired) electrons. The van der Waals surface area contributed by atoms with Crippen molar-refractivity contribution in [2.75, 3.05) is 18.4 Å². The summed E-state index contributed by atoms with van der Waals surface area (Å²) < 4.78 is 40.9. The fraction of sp³-hybridized carbons (Fsp3) is 0.353. The van der Waals surface area contributed by atoms with E-state index in [1.54, 1.807) is 0 Å². The Labute approximate surface area is 152 Å². The number of nitrogens with zero attached hydrogens (tertiary/aromatic N) is 3. The van der Waals surface area contributed by atoms with Crippen LogP contribution in [0.4, 0.5) is 18.9 Å². The summed E-state index contributed by atoms with van der Waals surface area (Å²) in [4.78, 5) is 29.2. The second-order valence-electron chi connectivity index (χ2n) is 6.29. The van der Waals surface area contributed by atoms with Gasteiger partial charge >= 0.3 is 0 Å². The van der Waals surface area contributed by atoms with E-state index in [2.05, 4.69) is 10.3 Å². The summed E-state index contributed by atoms with van der Waals surface area (Å²) in [7, 11) is 0. The molecule has 1 amide bonds. The van der Waals surface area contributed by atoms with Gasteiger partial charge in [-0.15, -0.1) is 0 Å². The Balaban J connectivity index is 1.76. The van der Waals surface area contributed by atoms with Crippen LogP contribution < -0.4 is 16.6 Å². The largest absolute Gasteiger partial charge is 0.326 e. The lowest BCUT2D eigenvalue weighted by Gasteiger charge is -2.23. The average Bonchev–Trinajstić information content (AvgIpc) is 2.97. The topological polar surface area (TPSA) is 93.2 Å². The molecule has 2 aromatic rings. The second kappa shape index (κ2) is 7.89. The third-order valence-electron chi connectivity index (χ3n) is 4.32. The predicted molar refractivity (Wildman–Crippen MR) is 92.4 cm³/mol. The molecule has 2 atom stereocenters. The van der Waals surface area contributed by atoms with Crippen molar-refractivity contribution in [1.82, 2.24) is 14.5 Å². The van der Waals surface area contributed by atoms with Crippen molar-refractivity contribution in [2.45, 2.75) is 24.9 Å². The summed E-state index contributed by atoms with van der Waals surface area (Å²) in [5.41, 5.74) is 5.49. The van der Waals surface area contributed by atoms with Crippen LogP contribution in [-0.4, -0.2) is 52.0 Å². The fourth-order valence-electron chi connectivity index (χ4n) is 3.12. The number of amides is 1. The SMILES string of the molecule is N[C@H]1C[C@@H](C(=O)Nc2ccc(-n3ccncc3=O)cc2F)N(CC(F)F)C1. The molecule has 2 heterocycles. The quantitative estimate of drug-likeness (QED) is 0.805. The van der Waals surface area contributed by atoms with Crippen molar-refractivity contribution in [3.05, 3.63) is 53.0 Å². The minimum absolute atomic E-state index is 0.108. The van der Waals surface area contributed by atoms with Crippen molar-refractivity contribution >= 4 is 11.6 Å². The molecule has 0 aliphatic carbocycles. The first kappa shape index (κ1) is 19.1. The zero-order valence-electron chi connectivity index (χ0n) is 14.2. The third-order valence-corrected chi connectivity index (χ3v) is 4.32. The molecule has 144 valence electrons. The summed E-state index contributed by atoms with van der Waals surface area (Å²) >= 11 is 0. The molecule has 1 aliphatic heterocycles. The van der Waals surface area contributed by atoms with Crippen LogP contribution in [0.15, 0.2) is 41.6 Å². The highest BCUT2D eigenvalue weighted by atomic mass is 19.3. The molecule has 0 unspecified atom stereocenters. The maximum absolute atomic E-state index is 14.4. The van der Waals surface area contributed by atoms with Gasteiger partial charge in [-0.1, -0.05) is 0 Å². The Bertz CT molecular complexity index is 889. The van der Waals surface area contributed by atoms with E-state index < -0.39 is 42.3 Å². The number of nitrogens with two attached hydrogens (primary N) is 1. The van der Waals surface area contributed by atoms with E-state index in [0.29, 0.717) is 0 Å². The van der Waals surface area contributed by atoms with Gasteiger partial charge in [-0.25, -0.2) is 13.2 Å². The number of benzene rings is 1. The van der Waals surface area contributed by atoms with Crippen molar-refractivity contribution in [3.8, 4) is 5.69 Å². The van der Waals surface area contributed by atoms with Crippen LogP contribution in [0.25, 0.3) is 5.69 Å². The maximum Gasteiger partial charge on any atom is 0.273 e. The molecular formula is C17H18F3N5O2. The molecule has 0 saturated carbocycles. The van der Waals surface area contributed by atoms with E-state index in [1.165, 1.54) is 34.0 Å². The number of carbonyl (C=O) groups is 1. The van der Waals surface area contributed by atoms with E-state index in [-0.39, 0.29) is 24.3 Å².